The molecule has 2 unspecified atom stereocenters. The smallest absolute Gasteiger partial charge is 0.462 e. The van der Waals surface area contributed by atoms with Crippen LogP contribution in [-0.2, 0) is 32.7 Å². The van der Waals surface area contributed by atoms with E-state index in [9.17, 15) is 24.2 Å². The second kappa shape index (κ2) is 38.9. The van der Waals surface area contributed by atoms with Crippen LogP contribution >= 0.6 is 7.82 Å². The van der Waals surface area contributed by atoms with Gasteiger partial charge in [-0.1, -0.05) is 139 Å². The van der Waals surface area contributed by atoms with Gasteiger partial charge in [0.1, 0.15) is 6.61 Å². The number of hydrogen-bond donors (Lipinski definition) is 3. The predicted molar refractivity (Wildman–Crippen MR) is 221 cm³/mol. The van der Waals surface area contributed by atoms with Crippen molar-refractivity contribution in [1.82, 2.24) is 0 Å². The summed E-state index contributed by atoms with van der Waals surface area (Å²) >= 11 is 0. The van der Waals surface area contributed by atoms with Gasteiger partial charge < -0.3 is 25.2 Å². The van der Waals surface area contributed by atoms with E-state index in [0.717, 1.165) is 38.5 Å². The van der Waals surface area contributed by atoms with Crippen LogP contribution in [-0.4, -0.2) is 60.5 Å². The molecule has 10 nitrogen and oxygen atoms in total. The molecule has 0 amide bonds. The second-order valence-electron chi connectivity index (χ2n) is 13.7. The largest absolute Gasteiger partial charge is 0.472 e. The molecule has 54 heavy (non-hydrogen) atoms. The maximum atomic E-state index is 12.5. The first-order valence-corrected chi connectivity index (χ1v) is 22.4. The van der Waals surface area contributed by atoms with Crippen LogP contribution in [0.2, 0.25) is 0 Å². The number of aliphatic hydroxyl groups excluding tert-OH is 1. The number of nitrogens with two attached hydrogens (primary N) is 1. The van der Waals surface area contributed by atoms with Gasteiger partial charge in [-0.05, 0) is 70.6 Å². The molecule has 0 aliphatic rings. The van der Waals surface area contributed by atoms with E-state index in [1.807, 2.05) is 18.2 Å². The number of phosphoric ester groups is 1. The van der Waals surface area contributed by atoms with E-state index in [1.165, 1.54) is 70.6 Å². The van der Waals surface area contributed by atoms with Crippen LogP contribution in [0.3, 0.4) is 0 Å². The Labute approximate surface area is 328 Å². The number of ether oxygens (including phenoxy) is 2. The number of carbonyl (C=O) groups is 2. The van der Waals surface area contributed by atoms with Crippen molar-refractivity contribution in [2.45, 2.75) is 174 Å². The zero-order valence-electron chi connectivity index (χ0n) is 33.8. The Hall–Kier alpha value is -2.33. The van der Waals surface area contributed by atoms with E-state index >= 15 is 0 Å². The Bertz CT molecular complexity index is 1090. The number of carbonyl (C=O) groups excluding carboxylic acids is 2. The Morgan fingerprint density at radius 3 is 1.89 bits per heavy atom. The molecule has 4 N–H and O–H groups in total. The van der Waals surface area contributed by atoms with Crippen molar-refractivity contribution in [1.29, 1.82) is 0 Å². The molecule has 0 aliphatic heterocycles. The standard InChI is InChI=1S/C43H76NO9P/c1-3-5-7-9-11-13-14-15-16-17-18-20-22-26-30-34-42(46)50-38-41(39-52-54(48,49)51-37-36-44)53-43(47)35-31-27-23-25-29-33-40(45)32-28-24-21-19-12-10-8-6-4-2/h12-14,19,23-25,28-29,33,40-41,45H,3-11,15-18,20-22,26-27,30-32,34-39,44H2,1-2H3,(H,48,49)/b14-13-,19-12-,25-23+,28-24-,33-29-/t40?,41-/m1/s1. The molecule has 312 valence electrons. The number of esters is 2. The van der Waals surface area contributed by atoms with Gasteiger partial charge in [0.05, 0.1) is 19.3 Å². The van der Waals surface area contributed by atoms with Crippen LogP contribution in [0.15, 0.2) is 60.8 Å². The fourth-order valence-corrected chi connectivity index (χ4v) is 6.05. The van der Waals surface area contributed by atoms with Crippen molar-refractivity contribution < 1.29 is 42.7 Å². The van der Waals surface area contributed by atoms with Crippen LogP contribution in [0.25, 0.3) is 0 Å². The van der Waals surface area contributed by atoms with Gasteiger partial charge in [0.2, 0.25) is 0 Å². The summed E-state index contributed by atoms with van der Waals surface area (Å²) in [5.41, 5.74) is 5.33. The highest BCUT2D eigenvalue weighted by Gasteiger charge is 2.25. The summed E-state index contributed by atoms with van der Waals surface area (Å²) in [5, 5.41) is 10.1. The van der Waals surface area contributed by atoms with Gasteiger partial charge in [0.15, 0.2) is 6.10 Å². The van der Waals surface area contributed by atoms with Crippen LogP contribution in [0.1, 0.15) is 162 Å². The number of aliphatic hydroxyl groups is 1. The molecule has 0 heterocycles. The molecule has 0 bridgehead atoms. The highest BCUT2D eigenvalue weighted by atomic mass is 31.2. The van der Waals surface area contributed by atoms with Crippen molar-refractivity contribution in [3.05, 3.63) is 60.8 Å². The first-order valence-electron chi connectivity index (χ1n) is 20.9. The number of hydrogen-bond acceptors (Lipinski definition) is 9. The summed E-state index contributed by atoms with van der Waals surface area (Å²) in [7, 11) is -4.42. The van der Waals surface area contributed by atoms with Crippen LogP contribution in [0.5, 0.6) is 0 Å². The van der Waals surface area contributed by atoms with Gasteiger partial charge in [-0.3, -0.25) is 18.6 Å². The molecule has 0 radical (unpaired) electrons. The second-order valence-corrected chi connectivity index (χ2v) is 15.2. The summed E-state index contributed by atoms with van der Waals surface area (Å²) < 4.78 is 32.6. The molecule has 0 saturated carbocycles. The number of unbranched alkanes of at least 4 members (excludes halogenated alkanes) is 15. The predicted octanol–water partition coefficient (Wildman–Crippen LogP) is 10.7. The molecule has 11 heteroatoms. The molecular weight excluding hydrogens is 705 g/mol. The zero-order chi connectivity index (χ0) is 39.8. The molecule has 0 spiro atoms. The minimum atomic E-state index is -4.42. The highest BCUT2D eigenvalue weighted by molar-refractivity contribution is 7.47. The molecule has 0 aromatic rings. The highest BCUT2D eigenvalue weighted by Crippen LogP contribution is 2.43. The maximum absolute atomic E-state index is 12.5. The molecule has 0 aliphatic carbocycles. The SMILES string of the molecule is CCCCC/C=C\C/C=C\CC(O)/C=C\C=C\CCCC(=O)O[C@H](COC(=O)CCCCCCCCC/C=C\CCCCCC)COP(=O)(O)OCCN. The third-order valence-corrected chi connectivity index (χ3v) is 9.44. The Morgan fingerprint density at radius 2 is 1.20 bits per heavy atom. The fraction of sp³-hybridized carbons (Fsp3) is 0.721. The van der Waals surface area contributed by atoms with Crippen molar-refractivity contribution >= 4 is 19.8 Å². The molecular formula is C43H76NO9P. The van der Waals surface area contributed by atoms with Gasteiger partial charge in [0, 0.05) is 19.4 Å². The third-order valence-electron chi connectivity index (χ3n) is 8.46. The average molecular weight is 782 g/mol. The minimum Gasteiger partial charge on any atom is -0.462 e. The number of phosphoric acid groups is 1. The zero-order valence-corrected chi connectivity index (χ0v) is 34.7. The van der Waals surface area contributed by atoms with Gasteiger partial charge in [-0.25, -0.2) is 4.57 Å². The first kappa shape index (κ1) is 51.7. The van der Waals surface area contributed by atoms with E-state index in [1.54, 1.807) is 12.2 Å². The van der Waals surface area contributed by atoms with Crippen molar-refractivity contribution in [2.24, 2.45) is 5.73 Å². The van der Waals surface area contributed by atoms with Crippen molar-refractivity contribution in [3.63, 3.8) is 0 Å². The lowest BCUT2D eigenvalue weighted by Gasteiger charge is -2.19. The van der Waals surface area contributed by atoms with E-state index in [2.05, 4.69) is 44.2 Å². The Kier molecular flexibility index (Phi) is 37.2. The average Bonchev–Trinajstić information content (AvgIpc) is 3.15. The van der Waals surface area contributed by atoms with Gasteiger partial charge in [-0.2, -0.15) is 0 Å². The van der Waals surface area contributed by atoms with Crippen LogP contribution < -0.4 is 5.73 Å². The molecule has 0 aromatic carbocycles. The molecule has 3 atom stereocenters. The minimum absolute atomic E-state index is 0.0281. The first-order chi connectivity index (χ1) is 26.2. The molecule has 0 rings (SSSR count). The van der Waals surface area contributed by atoms with E-state index in [4.69, 9.17) is 24.3 Å². The van der Waals surface area contributed by atoms with Crippen molar-refractivity contribution in [2.75, 3.05) is 26.4 Å². The summed E-state index contributed by atoms with van der Waals surface area (Å²) in [5.74, 6) is -0.968. The van der Waals surface area contributed by atoms with Gasteiger partial charge in [0.25, 0.3) is 0 Å². The molecule has 0 fully saturated rings. The summed E-state index contributed by atoms with van der Waals surface area (Å²) in [6.07, 6.45) is 41.3. The lowest BCUT2D eigenvalue weighted by Crippen LogP contribution is -2.29. The molecule has 0 aromatic heterocycles. The lowest BCUT2D eigenvalue weighted by molar-refractivity contribution is -0.161. The van der Waals surface area contributed by atoms with E-state index < -0.39 is 38.6 Å². The summed E-state index contributed by atoms with van der Waals surface area (Å²) in [6.45, 7) is 3.50. The fourth-order valence-electron chi connectivity index (χ4n) is 5.29. The van der Waals surface area contributed by atoms with E-state index in [0.29, 0.717) is 25.7 Å². The van der Waals surface area contributed by atoms with Crippen LogP contribution in [0, 0.1) is 0 Å². The van der Waals surface area contributed by atoms with E-state index in [-0.39, 0.29) is 32.6 Å². The monoisotopic (exact) mass is 782 g/mol. The topological polar surface area (TPSA) is 155 Å². The Balaban J connectivity index is 4.38. The van der Waals surface area contributed by atoms with Gasteiger partial charge in [-0.15, -0.1) is 0 Å². The normalized spacial score (nSPS) is 14.5. The number of allylic oxidation sites excluding steroid dienone is 8. The van der Waals surface area contributed by atoms with Gasteiger partial charge >= 0.3 is 19.8 Å². The molecule has 0 saturated heterocycles. The quantitative estimate of drug-likeness (QED) is 0.0181. The van der Waals surface area contributed by atoms with Crippen molar-refractivity contribution in [3.8, 4) is 0 Å². The Morgan fingerprint density at radius 1 is 0.648 bits per heavy atom. The number of rotatable bonds is 38. The van der Waals surface area contributed by atoms with Crippen LogP contribution in [0.4, 0.5) is 0 Å². The lowest BCUT2D eigenvalue weighted by atomic mass is 10.1. The summed E-state index contributed by atoms with van der Waals surface area (Å²) in [4.78, 5) is 34.8. The summed E-state index contributed by atoms with van der Waals surface area (Å²) in [6, 6.07) is 0. The third kappa shape index (κ3) is 38.0. The maximum Gasteiger partial charge on any atom is 0.472 e.